The first-order chi connectivity index (χ1) is 6.69. The molecule has 1 aromatic rings. The monoisotopic (exact) mass is 227 g/mol. The van der Waals surface area contributed by atoms with Crippen LogP contribution in [0.3, 0.4) is 0 Å². The van der Waals surface area contributed by atoms with Crippen molar-refractivity contribution in [3.05, 3.63) is 34.9 Å². The normalized spacial score (nSPS) is 12.0. The predicted molar refractivity (Wildman–Crippen MR) is 69.8 cm³/mol. The molecule has 1 atom stereocenters. The zero-order valence-electron chi connectivity index (χ0n) is 9.92. The summed E-state index contributed by atoms with van der Waals surface area (Å²) in [6, 6.07) is 6.84. The summed E-state index contributed by atoms with van der Waals surface area (Å²) in [5.74, 6) is 0. The number of hydrogen-bond acceptors (Lipinski definition) is 1. The van der Waals surface area contributed by atoms with E-state index >= 15 is 0 Å². The Hall–Kier alpha value is -0.530. The highest BCUT2D eigenvalue weighted by atomic mass is 35.5. The maximum Gasteiger partial charge on any atom is 0.00510 e. The Kier molecular flexibility index (Phi) is 6.62. The van der Waals surface area contributed by atoms with Crippen LogP contribution in [0.2, 0.25) is 0 Å². The van der Waals surface area contributed by atoms with Gasteiger partial charge in [0.1, 0.15) is 0 Å². The van der Waals surface area contributed by atoms with Gasteiger partial charge in [0.2, 0.25) is 0 Å². The van der Waals surface area contributed by atoms with Gasteiger partial charge < -0.3 is 5.73 Å². The molecule has 2 N–H and O–H groups in total. The van der Waals surface area contributed by atoms with Crippen molar-refractivity contribution in [2.75, 3.05) is 0 Å². The topological polar surface area (TPSA) is 26.0 Å². The van der Waals surface area contributed by atoms with Gasteiger partial charge in [0.05, 0.1) is 0 Å². The van der Waals surface area contributed by atoms with Gasteiger partial charge >= 0.3 is 0 Å². The molecular weight excluding hydrogens is 206 g/mol. The first-order valence-electron chi connectivity index (χ1n) is 5.54. The fourth-order valence-electron chi connectivity index (χ4n) is 2.01. The minimum atomic E-state index is 0. The Bertz CT molecular complexity index is 295. The maximum atomic E-state index is 5.84. The minimum absolute atomic E-state index is 0. The van der Waals surface area contributed by atoms with Crippen LogP contribution in [-0.2, 0) is 19.3 Å². The average Bonchev–Trinajstić information content (AvgIpc) is 2.16. The molecule has 86 valence electrons. The molecule has 0 spiro atoms. The average molecular weight is 228 g/mol. The number of halogens is 1. The summed E-state index contributed by atoms with van der Waals surface area (Å²) in [6.07, 6.45) is 3.24. The van der Waals surface area contributed by atoms with Crippen molar-refractivity contribution in [2.45, 2.75) is 46.1 Å². The van der Waals surface area contributed by atoms with Crippen LogP contribution >= 0.6 is 12.4 Å². The summed E-state index contributed by atoms with van der Waals surface area (Å²) < 4.78 is 0. The van der Waals surface area contributed by atoms with Crippen molar-refractivity contribution in [1.29, 1.82) is 0 Å². The van der Waals surface area contributed by atoms with E-state index in [0.29, 0.717) is 0 Å². The Morgan fingerprint density at radius 2 is 1.73 bits per heavy atom. The smallest absolute Gasteiger partial charge is 0.00510 e. The molecule has 1 aromatic carbocycles. The van der Waals surface area contributed by atoms with Crippen LogP contribution < -0.4 is 5.73 Å². The summed E-state index contributed by atoms with van der Waals surface area (Å²) in [7, 11) is 0. The van der Waals surface area contributed by atoms with E-state index in [-0.39, 0.29) is 18.4 Å². The summed E-state index contributed by atoms with van der Waals surface area (Å²) in [4.78, 5) is 0. The Morgan fingerprint density at radius 3 is 2.20 bits per heavy atom. The summed E-state index contributed by atoms with van der Waals surface area (Å²) in [5, 5.41) is 0. The second-order valence-electron chi connectivity index (χ2n) is 3.94. The lowest BCUT2D eigenvalue weighted by atomic mass is 9.94. The van der Waals surface area contributed by atoms with Crippen molar-refractivity contribution >= 4 is 12.4 Å². The van der Waals surface area contributed by atoms with E-state index in [1.807, 2.05) is 0 Å². The van der Waals surface area contributed by atoms with E-state index in [2.05, 4.69) is 39.0 Å². The molecule has 15 heavy (non-hydrogen) atoms. The summed E-state index contributed by atoms with van der Waals surface area (Å²) in [5.41, 5.74) is 10.3. The molecule has 0 aliphatic carbocycles. The van der Waals surface area contributed by atoms with E-state index in [0.717, 1.165) is 19.3 Å². The first-order valence-corrected chi connectivity index (χ1v) is 5.54. The van der Waals surface area contributed by atoms with E-state index in [1.54, 1.807) is 0 Å². The fraction of sp³-hybridized carbons (Fsp3) is 0.538. The van der Waals surface area contributed by atoms with Crippen molar-refractivity contribution < 1.29 is 0 Å². The lowest BCUT2D eigenvalue weighted by Gasteiger charge is -2.14. The lowest BCUT2D eigenvalue weighted by molar-refractivity contribution is 0.730. The van der Waals surface area contributed by atoms with Crippen LogP contribution in [0.15, 0.2) is 18.2 Å². The molecule has 2 heteroatoms. The van der Waals surface area contributed by atoms with Crippen molar-refractivity contribution in [3.8, 4) is 0 Å². The van der Waals surface area contributed by atoms with Crippen molar-refractivity contribution in [3.63, 3.8) is 0 Å². The number of hydrogen-bond donors (Lipinski definition) is 1. The fourth-order valence-corrected chi connectivity index (χ4v) is 2.01. The molecular formula is C13H22ClN. The highest BCUT2D eigenvalue weighted by Gasteiger charge is 2.06. The second kappa shape index (κ2) is 6.86. The predicted octanol–water partition coefficient (Wildman–Crippen LogP) is 3.12. The van der Waals surface area contributed by atoms with Gasteiger partial charge in [0, 0.05) is 6.04 Å². The van der Waals surface area contributed by atoms with Gasteiger partial charge in [0.15, 0.2) is 0 Å². The molecule has 0 bridgehead atoms. The highest BCUT2D eigenvalue weighted by Crippen LogP contribution is 2.17. The number of aryl methyl sites for hydroxylation is 1. The molecule has 0 fully saturated rings. The quantitative estimate of drug-likeness (QED) is 0.841. The molecule has 0 radical (unpaired) electrons. The molecule has 0 saturated carbocycles. The standard InChI is InChI=1S/C13H21N.ClH/c1-4-11-7-6-8-12(9-10(3)14)13(11)5-2;/h6-8,10H,4-5,9,14H2,1-3H3;1H. The SMILES string of the molecule is CCc1cccc(CC(C)N)c1CC.Cl. The molecule has 1 unspecified atom stereocenters. The van der Waals surface area contributed by atoms with Gasteiger partial charge in [0.25, 0.3) is 0 Å². The van der Waals surface area contributed by atoms with Gasteiger partial charge in [-0.15, -0.1) is 12.4 Å². The van der Waals surface area contributed by atoms with Crippen molar-refractivity contribution in [1.82, 2.24) is 0 Å². The zero-order valence-corrected chi connectivity index (χ0v) is 10.7. The Balaban J connectivity index is 0.00000196. The molecule has 0 aliphatic heterocycles. The number of rotatable bonds is 4. The zero-order chi connectivity index (χ0) is 10.6. The Morgan fingerprint density at radius 1 is 1.13 bits per heavy atom. The van der Waals surface area contributed by atoms with Gasteiger partial charge in [-0.3, -0.25) is 0 Å². The van der Waals surface area contributed by atoms with E-state index in [1.165, 1.54) is 16.7 Å². The highest BCUT2D eigenvalue weighted by molar-refractivity contribution is 5.85. The second-order valence-corrected chi connectivity index (χ2v) is 3.94. The van der Waals surface area contributed by atoms with Crippen LogP contribution in [0.1, 0.15) is 37.5 Å². The summed E-state index contributed by atoms with van der Waals surface area (Å²) >= 11 is 0. The Labute approximate surface area is 99.5 Å². The van der Waals surface area contributed by atoms with Crippen LogP contribution in [0.25, 0.3) is 0 Å². The third-order valence-corrected chi connectivity index (χ3v) is 2.65. The summed E-state index contributed by atoms with van der Waals surface area (Å²) in [6.45, 7) is 6.50. The van der Waals surface area contributed by atoms with Crippen LogP contribution in [0, 0.1) is 0 Å². The lowest BCUT2D eigenvalue weighted by Crippen LogP contribution is -2.19. The van der Waals surface area contributed by atoms with Crippen LogP contribution in [-0.4, -0.2) is 6.04 Å². The van der Waals surface area contributed by atoms with Crippen LogP contribution in [0.4, 0.5) is 0 Å². The van der Waals surface area contributed by atoms with Gasteiger partial charge in [-0.1, -0.05) is 32.0 Å². The molecule has 1 rings (SSSR count). The third kappa shape index (κ3) is 3.84. The molecule has 0 saturated heterocycles. The first kappa shape index (κ1) is 14.5. The molecule has 1 nitrogen and oxygen atoms in total. The van der Waals surface area contributed by atoms with E-state index < -0.39 is 0 Å². The van der Waals surface area contributed by atoms with Crippen molar-refractivity contribution in [2.24, 2.45) is 5.73 Å². The molecule has 0 amide bonds. The minimum Gasteiger partial charge on any atom is -0.328 e. The molecule has 0 aliphatic rings. The van der Waals surface area contributed by atoms with Crippen LogP contribution in [0.5, 0.6) is 0 Å². The number of nitrogens with two attached hydrogens (primary N) is 1. The maximum absolute atomic E-state index is 5.84. The number of benzene rings is 1. The molecule has 0 heterocycles. The van der Waals surface area contributed by atoms with Gasteiger partial charge in [-0.05, 0) is 42.9 Å². The largest absolute Gasteiger partial charge is 0.328 e. The molecule has 0 aromatic heterocycles. The van der Waals surface area contributed by atoms with E-state index in [9.17, 15) is 0 Å². The third-order valence-electron chi connectivity index (χ3n) is 2.65. The van der Waals surface area contributed by atoms with E-state index in [4.69, 9.17) is 5.73 Å². The van der Waals surface area contributed by atoms with Gasteiger partial charge in [-0.25, -0.2) is 0 Å². The van der Waals surface area contributed by atoms with Gasteiger partial charge in [-0.2, -0.15) is 0 Å².